The molecule has 0 aliphatic carbocycles. The second kappa shape index (κ2) is 4.81. The molecule has 0 radical (unpaired) electrons. The van der Waals surface area contributed by atoms with E-state index in [-0.39, 0.29) is 16.9 Å². The van der Waals surface area contributed by atoms with Gasteiger partial charge in [-0.1, -0.05) is 65.8 Å². The van der Waals surface area contributed by atoms with Crippen molar-refractivity contribution in [1.82, 2.24) is 0 Å². The summed E-state index contributed by atoms with van der Waals surface area (Å²) in [4.78, 5) is 0. The minimum absolute atomic E-state index is 0.155. The molecule has 1 rings (SSSR count). The maximum absolute atomic E-state index is 10.1. The Balaban J connectivity index is 2.81. The van der Waals surface area contributed by atoms with Gasteiger partial charge in [-0.3, -0.25) is 0 Å². The largest absolute Gasteiger partial charge is 0.388 e. The van der Waals surface area contributed by atoms with Crippen LogP contribution >= 0.6 is 0 Å². The fourth-order valence-corrected chi connectivity index (χ4v) is 1.90. The van der Waals surface area contributed by atoms with Gasteiger partial charge in [0.2, 0.25) is 0 Å². The monoisotopic (exact) mass is 234 g/mol. The van der Waals surface area contributed by atoms with Gasteiger partial charge in [0.1, 0.15) is 0 Å². The van der Waals surface area contributed by atoms with Gasteiger partial charge in [0.25, 0.3) is 0 Å². The highest BCUT2D eigenvalue weighted by atomic mass is 16.3. The third kappa shape index (κ3) is 4.51. The van der Waals surface area contributed by atoms with Crippen molar-refractivity contribution in [3.05, 3.63) is 35.4 Å². The first kappa shape index (κ1) is 14.2. The van der Waals surface area contributed by atoms with Crippen LogP contribution in [0.15, 0.2) is 24.3 Å². The molecule has 1 aromatic carbocycles. The molecule has 0 saturated heterocycles. The molecule has 0 saturated carbocycles. The fourth-order valence-electron chi connectivity index (χ4n) is 1.90. The maximum Gasteiger partial charge on any atom is 0.0795 e. The van der Waals surface area contributed by atoms with E-state index in [4.69, 9.17) is 0 Å². The summed E-state index contributed by atoms with van der Waals surface area (Å²) in [7, 11) is 0. The lowest BCUT2D eigenvalue weighted by Crippen LogP contribution is -2.13. The van der Waals surface area contributed by atoms with E-state index in [0.29, 0.717) is 0 Å². The van der Waals surface area contributed by atoms with Crippen molar-refractivity contribution in [3.8, 4) is 0 Å². The lowest BCUT2D eigenvalue weighted by molar-refractivity contribution is 0.122. The van der Waals surface area contributed by atoms with E-state index in [2.05, 4.69) is 65.8 Å². The van der Waals surface area contributed by atoms with Gasteiger partial charge < -0.3 is 5.11 Å². The summed E-state index contributed by atoms with van der Waals surface area (Å²) < 4.78 is 0. The quantitative estimate of drug-likeness (QED) is 0.801. The Bertz CT molecular complexity index is 349. The Morgan fingerprint density at radius 3 is 1.76 bits per heavy atom. The van der Waals surface area contributed by atoms with Crippen LogP contribution in [0, 0.1) is 5.41 Å². The molecule has 0 bridgehead atoms. The van der Waals surface area contributed by atoms with Gasteiger partial charge in [0, 0.05) is 0 Å². The SMILES string of the molecule is CC(C)(C)CC(O)c1ccc(C(C)(C)C)cc1. The second-order valence-electron chi connectivity index (χ2n) is 7.15. The van der Waals surface area contributed by atoms with Crippen LogP contribution in [0.2, 0.25) is 0 Å². The molecule has 1 nitrogen and oxygen atoms in total. The summed E-state index contributed by atoms with van der Waals surface area (Å²) in [5, 5.41) is 10.1. The number of aliphatic hydroxyl groups excluding tert-OH is 1. The third-order valence-corrected chi connectivity index (χ3v) is 2.97. The molecular formula is C16H26O. The molecule has 0 aromatic heterocycles. The molecule has 0 heterocycles. The maximum atomic E-state index is 10.1. The van der Waals surface area contributed by atoms with Gasteiger partial charge in [-0.2, -0.15) is 0 Å². The summed E-state index contributed by atoms with van der Waals surface area (Å²) in [5.74, 6) is 0. The average Bonchev–Trinajstić information content (AvgIpc) is 2.14. The minimum atomic E-state index is -0.357. The predicted molar refractivity (Wildman–Crippen MR) is 74.2 cm³/mol. The Kier molecular flexibility index (Phi) is 4.03. The number of hydrogen-bond acceptors (Lipinski definition) is 1. The summed E-state index contributed by atoms with van der Waals surface area (Å²) >= 11 is 0. The van der Waals surface area contributed by atoms with Crippen LogP contribution in [0.1, 0.15) is 65.2 Å². The van der Waals surface area contributed by atoms with Crippen molar-refractivity contribution < 1.29 is 5.11 Å². The fraction of sp³-hybridized carbons (Fsp3) is 0.625. The van der Waals surface area contributed by atoms with Crippen molar-refractivity contribution in [2.24, 2.45) is 5.41 Å². The van der Waals surface area contributed by atoms with Gasteiger partial charge >= 0.3 is 0 Å². The van der Waals surface area contributed by atoms with Crippen molar-refractivity contribution >= 4 is 0 Å². The van der Waals surface area contributed by atoms with Crippen LogP contribution in [0.4, 0.5) is 0 Å². The molecule has 0 spiro atoms. The summed E-state index contributed by atoms with van der Waals surface area (Å²) in [6, 6.07) is 8.36. The normalized spacial score (nSPS) is 14.8. The van der Waals surface area contributed by atoms with E-state index in [9.17, 15) is 5.11 Å². The highest BCUT2D eigenvalue weighted by Crippen LogP contribution is 2.30. The van der Waals surface area contributed by atoms with Crippen LogP contribution in [0.5, 0.6) is 0 Å². The van der Waals surface area contributed by atoms with Gasteiger partial charge in [-0.25, -0.2) is 0 Å². The summed E-state index contributed by atoms with van der Waals surface area (Å²) in [6.45, 7) is 13.1. The molecule has 1 N–H and O–H groups in total. The standard InChI is InChI=1S/C16H26O/c1-15(2,3)11-14(17)12-7-9-13(10-8-12)16(4,5)6/h7-10,14,17H,11H2,1-6H3. The van der Waals surface area contributed by atoms with Crippen LogP contribution in [-0.4, -0.2) is 5.11 Å². The van der Waals surface area contributed by atoms with Crippen LogP contribution in [0.25, 0.3) is 0 Å². The van der Waals surface area contributed by atoms with Crippen molar-refractivity contribution in [3.63, 3.8) is 0 Å². The molecule has 1 atom stereocenters. The summed E-state index contributed by atoms with van der Waals surface area (Å²) in [6.07, 6.45) is 0.436. The van der Waals surface area contributed by atoms with Gasteiger partial charge in [0.15, 0.2) is 0 Å². The minimum Gasteiger partial charge on any atom is -0.388 e. The van der Waals surface area contributed by atoms with E-state index in [0.717, 1.165) is 12.0 Å². The van der Waals surface area contributed by atoms with Crippen molar-refractivity contribution in [2.45, 2.75) is 59.5 Å². The molecule has 0 aliphatic rings. The highest BCUT2D eigenvalue weighted by molar-refractivity contribution is 5.28. The number of aliphatic hydroxyl groups is 1. The Morgan fingerprint density at radius 2 is 1.41 bits per heavy atom. The van der Waals surface area contributed by atoms with E-state index < -0.39 is 0 Å². The molecule has 0 fully saturated rings. The number of rotatable bonds is 2. The first-order valence-electron chi connectivity index (χ1n) is 6.38. The molecular weight excluding hydrogens is 208 g/mol. The lowest BCUT2D eigenvalue weighted by atomic mass is 9.84. The van der Waals surface area contributed by atoms with Crippen LogP contribution < -0.4 is 0 Å². The van der Waals surface area contributed by atoms with E-state index >= 15 is 0 Å². The highest BCUT2D eigenvalue weighted by Gasteiger charge is 2.19. The molecule has 0 aliphatic heterocycles. The first-order valence-corrected chi connectivity index (χ1v) is 6.38. The number of benzene rings is 1. The van der Waals surface area contributed by atoms with Crippen LogP contribution in [0.3, 0.4) is 0 Å². The zero-order valence-electron chi connectivity index (χ0n) is 12.0. The summed E-state index contributed by atoms with van der Waals surface area (Å²) in [5.41, 5.74) is 2.66. The molecule has 1 heteroatoms. The topological polar surface area (TPSA) is 20.2 Å². The molecule has 0 amide bonds. The predicted octanol–water partition coefficient (Wildman–Crippen LogP) is 4.45. The van der Waals surface area contributed by atoms with Crippen molar-refractivity contribution in [1.29, 1.82) is 0 Å². The zero-order valence-corrected chi connectivity index (χ0v) is 12.0. The Hall–Kier alpha value is -0.820. The third-order valence-electron chi connectivity index (χ3n) is 2.97. The number of hydrogen-bond donors (Lipinski definition) is 1. The van der Waals surface area contributed by atoms with E-state index in [1.54, 1.807) is 0 Å². The van der Waals surface area contributed by atoms with Gasteiger partial charge in [0.05, 0.1) is 6.10 Å². The molecule has 17 heavy (non-hydrogen) atoms. The Labute approximate surface area is 106 Å². The van der Waals surface area contributed by atoms with Gasteiger partial charge in [-0.05, 0) is 28.4 Å². The zero-order chi connectivity index (χ0) is 13.3. The van der Waals surface area contributed by atoms with Crippen LogP contribution in [-0.2, 0) is 5.41 Å². The van der Waals surface area contributed by atoms with E-state index in [1.807, 2.05) is 0 Å². The molecule has 1 unspecified atom stereocenters. The molecule has 96 valence electrons. The Morgan fingerprint density at radius 1 is 0.941 bits per heavy atom. The van der Waals surface area contributed by atoms with Crippen molar-refractivity contribution in [2.75, 3.05) is 0 Å². The molecule has 1 aromatic rings. The van der Waals surface area contributed by atoms with Gasteiger partial charge in [-0.15, -0.1) is 0 Å². The average molecular weight is 234 g/mol. The first-order chi connectivity index (χ1) is 7.59. The second-order valence-corrected chi connectivity index (χ2v) is 7.15. The smallest absolute Gasteiger partial charge is 0.0795 e. The lowest BCUT2D eigenvalue weighted by Gasteiger charge is -2.24. The van der Waals surface area contributed by atoms with E-state index in [1.165, 1.54) is 5.56 Å².